The summed E-state index contributed by atoms with van der Waals surface area (Å²) < 4.78 is 16.3. The lowest BCUT2D eigenvalue weighted by molar-refractivity contribution is 0.319. The molecule has 0 aromatic heterocycles. The average Bonchev–Trinajstić information content (AvgIpc) is 2.53. The number of hydrogen-bond acceptors (Lipinski definition) is 4. The summed E-state index contributed by atoms with van der Waals surface area (Å²) in [5, 5.41) is 3.62. The van der Waals surface area contributed by atoms with Crippen LogP contribution in [0.15, 0.2) is 12.1 Å². The third-order valence-electron chi connectivity index (χ3n) is 3.87. The van der Waals surface area contributed by atoms with Gasteiger partial charge in [0.15, 0.2) is 11.5 Å². The molecule has 1 rings (SSSR count). The zero-order valence-electron chi connectivity index (χ0n) is 14.2. The molecule has 4 nitrogen and oxygen atoms in total. The maximum Gasteiger partial charge on any atom is 0.203 e. The Kier molecular flexibility index (Phi) is 7.37. The van der Waals surface area contributed by atoms with Crippen LogP contribution < -0.4 is 19.5 Å². The van der Waals surface area contributed by atoms with Crippen molar-refractivity contribution in [3.63, 3.8) is 0 Å². The first-order chi connectivity index (χ1) is 10.1. The quantitative estimate of drug-likeness (QED) is 0.752. The predicted molar refractivity (Wildman–Crippen MR) is 86.6 cm³/mol. The summed E-state index contributed by atoms with van der Waals surface area (Å²) in [7, 11) is 4.93. The van der Waals surface area contributed by atoms with Gasteiger partial charge in [0.05, 0.1) is 21.3 Å². The standard InChI is InChI=1S/C17H29NO3/c1-7-9-18-16(12(3)8-2)13-10-14(19-4)17(21-6)15(11-13)20-5/h10-12,16,18H,7-9H2,1-6H3. The molecule has 0 aliphatic carbocycles. The van der Waals surface area contributed by atoms with Crippen molar-refractivity contribution in [2.45, 2.75) is 39.7 Å². The van der Waals surface area contributed by atoms with Crippen LogP contribution in [0.3, 0.4) is 0 Å². The first kappa shape index (κ1) is 17.6. The van der Waals surface area contributed by atoms with Gasteiger partial charge in [-0.1, -0.05) is 27.2 Å². The topological polar surface area (TPSA) is 39.7 Å². The van der Waals surface area contributed by atoms with Gasteiger partial charge in [-0.25, -0.2) is 0 Å². The van der Waals surface area contributed by atoms with Crippen LogP contribution in [-0.2, 0) is 0 Å². The Balaban J connectivity index is 3.23. The summed E-state index contributed by atoms with van der Waals surface area (Å²) in [5.74, 6) is 2.58. The van der Waals surface area contributed by atoms with Gasteiger partial charge < -0.3 is 19.5 Å². The molecular weight excluding hydrogens is 266 g/mol. The summed E-state index contributed by atoms with van der Waals surface area (Å²) in [6.07, 6.45) is 2.22. The maximum atomic E-state index is 5.45. The molecule has 120 valence electrons. The van der Waals surface area contributed by atoms with Crippen molar-refractivity contribution in [2.75, 3.05) is 27.9 Å². The molecule has 2 atom stereocenters. The fourth-order valence-electron chi connectivity index (χ4n) is 2.46. The second-order valence-electron chi connectivity index (χ2n) is 5.28. The van der Waals surface area contributed by atoms with Crippen molar-refractivity contribution in [3.8, 4) is 17.2 Å². The van der Waals surface area contributed by atoms with E-state index < -0.39 is 0 Å². The molecule has 0 radical (unpaired) electrons. The highest BCUT2D eigenvalue weighted by Gasteiger charge is 2.21. The molecule has 1 N–H and O–H groups in total. The van der Waals surface area contributed by atoms with Gasteiger partial charge in [-0.15, -0.1) is 0 Å². The molecule has 1 aromatic carbocycles. The lowest BCUT2D eigenvalue weighted by Crippen LogP contribution is -2.27. The van der Waals surface area contributed by atoms with Gasteiger partial charge in [-0.05, 0) is 36.6 Å². The van der Waals surface area contributed by atoms with Crippen LogP contribution >= 0.6 is 0 Å². The third-order valence-corrected chi connectivity index (χ3v) is 3.87. The Morgan fingerprint density at radius 2 is 1.57 bits per heavy atom. The SMILES string of the molecule is CCCNC(c1cc(OC)c(OC)c(OC)c1)C(C)CC. The molecule has 2 unspecified atom stereocenters. The summed E-state index contributed by atoms with van der Waals surface area (Å²) in [6, 6.07) is 4.37. The van der Waals surface area contributed by atoms with Crippen LogP contribution in [0, 0.1) is 5.92 Å². The number of benzene rings is 1. The van der Waals surface area contributed by atoms with Crippen LogP contribution in [0.4, 0.5) is 0 Å². The van der Waals surface area contributed by atoms with Gasteiger partial charge in [-0.2, -0.15) is 0 Å². The van der Waals surface area contributed by atoms with Gasteiger partial charge in [0, 0.05) is 6.04 Å². The van der Waals surface area contributed by atoms with Crippen molar-refractivity contribution in [1.29, 1.82) is 0 Å². The van der Waals surface area contributed by atoms with Crippen molar-refractivity contribution in [3.05, 3.63) is 17.7 Å². The predicted octanol–water partition coefficient (Wildman–Crippen LogP) is 3.80. The number of methoxy groups -OCH3 is 3. The van der Waals surface area contributed by atoms with Crippen molar-refractivity contribution >= 4 is 0 Å². The van der Waals surface area contributed by atoms with Crippen molar-refractivity contribution in [2.24, 2.45) is 5.92 Å². The lowest BCUT2D eigenvalue weighted by atomic mass is 9.92. The Morgan fingerprint density at radius 1 is 1.00 bits per heavy atom. The van der Waals surface area contributed by atoms with E-state index in [0.29, 0.717) is 23.2 Å². The van der Waals surface area contributed by atoms with Crippen LogP contribution in [-0.4, -0.2) is 27.9 Å². The second-order valence-corrected chi connectivity index (χ2v) is 5.28. The number of hydrogen-bond donors (Lipinski definition) is 1. The van der Waals surface area contributed by atoms with Crippen molar-refractivity contribution in [1.82, 2.24) is 5.32 Å². The second kappa shape index (κ2) is 8.78. The van der Waals surface area contributed by atoms with E-state index in [2.05, 4.69) is 26.1 Å². The zero-order chi connectivity index (χ0) is 15.8. The molecule has 0 saturated heterocycles. The highest BCUT2D eigenvalue weighted by Crippen LogP contribution is 2.41. The van der Waals surface area contributed by atoms with E-state index in [9.17, 15) is 0 Å². The molecule has 0 spiro atoms. The minimum atomic E-state index is 0.281. The zero-order valence-corrected chi connectivity index (χ0v) is 14.2. The maximum absolute atomic E-state index is 5.45. The Morgan fingerprint density at radius 3 is 1.95 bits per heavy atom. The monoisotopic (exact) mass is 295 g/mol. The minimum Gasteiger partial charge on any atom is -0.493 e. The Bertz CT molecular complexity index is 409. The normalized spacial score (nSPS) is 13.6. The lowest BCUT2D eigenvalue weighted by Gasteiger charge is -2.26. The molecule has 0 heterocycles. The van der Waals surface area contributed by atoms with E-state index in [1.165, 1.54) is 5.56 Å². The minimum absolute atomic E-state index is 0.281. The Labute approximate surface area is 128 Å². The number of nitrogens with one attached hydrogen (secondary N) is 1. The Hall–Kier alpha value is -1.42. The van der Waals surface area contributed by atoms with E-state index in [0.717, 1.165) is 19.4 Å². The van der Waals surface area contributed by atoms with Gasteiger partial charge in [0.2, 0.25) is 5.75 Å². The average molecular weight is 295 g/mol. The highest BCUT2D eigenvalue weighted by atomic mass is 16.5. The third kappa shape index (κ3) is 4.27. The molecule has 0 saturated carbocycles. The first-order valence-electron chi connectivity index (χ1n) is 7.66. The van der Waals surface area contributed by atoms with Gasteiger partial charge in [0.25, 0.3) is 0 Å². The van der Waals surface area contributed by atoms with Crippen LogP contribution in [0.25, 0.3) is 0 Å². The molecule has 0 amide bonds. The van der Waals surface area contributed by atoms with Gasteiger partial charge in [-0.3, -0.25) is 0 Å². The highest BCUT2D eigenvalue weighted by molar-refractivity contribution is 5.54. The summed E-state index contributed by atoms with van der Waals surface area (Å²) in [4.78, 5) is 0. The molecular formula is C17H29NO3. The fraction of sp³-hybridized carbons (Fsp3) is 0.647. The molecule has 21 heavy (non-hydrogen) atoms. The first-order valence-corrected chi connectivity index (χ1v) is 7.66. The van der Waals surface area contributed by atoms with Crippen LogP contribution in [0.2, 0.25) is 0 Å². The molecule has 0 fully saturated rings. The number of ether oxygens (including phenoxy) is 3. The van der Waals surface area contributed by atoms with E-state index >= 15 is 0 Å². The summed E-state index contributed by atoms with van der Waals surface area (Å²) >= 11 is 0. The molecule has 0 aliphatic heterocycles. The van der Waals surface area contributed by atoms with Gasteiger partial charge >= 0.3 is 0 Å². The molecule has 1 aromatic rings. The number of rotatable bonds is 9. The van der Waals surface area contributed by atoms with Crippen LogP contribution in [0.5, 0.6) is 17.2 Å². The van der Waals surface area contributed by atoms with Gasteiger partial charge in [0.1, 0.15) is 0 Å². The fourth-order valence-corrected chi connectivity index (χ4v) is 2.46. The van der Waals surface area contributed by atoms with E-state index in [1.54, 1.807) is 21.3 Å². The van der Waals surface area contributed by atoms with E-state index in [-0.39, 0.29) is 6.04 Å². The van der Waals surface area contributed by atoms with E-state index in [4.69, 9.17) is 14.2 Å². The summed E-state index contributed by atoms with van der Waals surface area (Å²) in [5.41, 5.74) is 1.17. The molecule has 0 bridgehead atoms. The summed E-state index contributed by atoms with van der Waals surface area (Å²) in [6.45, 7) is 7.64. The molecule has 4 heteroatoms. The smallest absolute Gasteiger partial charge is 0.203 e. The van der Waals surface area contributed by atoms with E-state index in [1.807, 2.05) is 12.1 Å². The van der Waals surface area contributed by atoms with Crippen molar-refractivity contribution < 1.29 is 14.2 Å². The van der Waals surface area contributed by atoms with Crippen LogP contribution in [0.1, 0.15) is 45.2 Å². The molecule has 0 aliphatic rings. The largest absolute Gasteiger partial charge is 0.493 e.